The molecule has 0 amide bonds. The number of hydrogen-bond acceptors (Lipinski definition) is 3. The monoisotopic (exact) mass is 218 g/mol. The number of nitrogens with zero attached hydrogens (tertiary/aromatic N) is 1. The largest absolute Gasteiger partial charge is 0.508 e. The van der Waals surface area contributed by atoms with E-state index in [-0.39, 0.29) is 0 Å². The number of rotatable bonds is 3. The minimum atomic E-state index is 0.323. The molecule has 0 aromatic heterocycles. The first-order valence-corrected chi connectivity index (χ1v) is 5.73. The number of phenols is 1. The molecule has 86 valence electrons. The highest BCUT2D eigenvalue weighted by molar-refractivity contribution is 5.51. The van der Waals surface area contributed by atoms with Crippen LogP contribution in [0.4, 0.5) is 0 Å². The molecule has 1 fully saturated rings. The van der Waals surface area contributed by atoms with E-state index in [1.54, 1.807) is 12.1 Å². The first-order chi connectivity index (χ1) is 7.84. The van der Waals surface area contributed by atoms with E-state index in [9.17, 15) is 5.11 Å². The van der Waals surface area contributed by atoms with Gasteiger partial charge in [0.05, 0.1) is 0 Å². The van der Waals surface area contributed by atoms with Crippen molar-refractivity contribution < 1.29 is 5.11 Å². The molecule has 3 heteroatoms. The Kier molecular flexibility index (Phi) is 3.97. The molecule has 2 N–H and O–H groups in total. The van der Waals surface area contributed by atoms with E-state index < -0.39 is 0 Å². The fraction of sp³-hybridized carbons (Fsp3) is 0.385. The minimum absolute atomic E-state index is 0.323. The van der Waals surface area contributed by atoms with Gasteiger partial charge in [0.1, 0.15) is 5.75 Å². The highest BCUT2D eigenvalue weighted by atomic mass is 16.3. The van der Waals surface area contributed by atoms with E-state index in [1.807, 2.05) is 12.1 Å². The second kappa shape index (κ2) is 5.68. The highest BCUT2D eigenvalue weighted by Crippen LogP contribution is 2.12. The van der Waals surface area contributed by atoms with E-state index in [1.165, 1.54) is 0 Å². The van der Waals surface area contributed by atoms with E-state index in [0.717, 1.165) is 38.3 Å². The van der Waals surface area contributed by atoms with Gasteiger partial charge in [-0.2, -0.15) is 0 Å². The Balaban J connectivity index is 1.84. The van der Waals surface area contributed by atoms with Crippen LogP contribution >= 0.6 is 0 Å². The Labute approximate surface area is 96.4 Å². The molecule has 0 saturated carbocycles. The first kappa shape index (κ1) is 11.2. The van der Waals surface area contributed by atoms with Gasteiger partial charge in [-0.15, -0.1) is 0 Å². The molecule has 0 spiro atoms. The van der Waals surface area contributed by atoms with Crippen molar-refractivity contribution in [3.05, 3.63) is 35.9 Å². The molecule has 0 radical (unpaired) electrons. The third kappa shape index (κ3) is 3.36. The molecule has 1 heterocycles. The third-order valence-corrected chi connectivity index (χ3v) is 2.75. The van der Waals surface area contributed by atoms with Crippen LogP contribution in [-0.2, 0) is 0 Å². The maximum absolute atomic E-state index is 9.31. The van der Waals surface area contributed by atoms with Crippen LogP contribution in [0.1, 0.15) is 5.56 Å². The average molecular weight is 218 g/mol. The van der Waals surface area contributed by atoms with Crippen LogP contribution in [0.15, 0.2) is 30.3 Å². The molecule has 1 saturated heterocycles. The Morgan fingerprint density at radius 3 is 2.88 bits per heavy atom. The van der Waals surface area contributed by atoms with Gasteiger partial charge in [0.15, 0.2) is 0 Å². The van der Waals surface area contributed by atoms with Gasteiger partial charge in [-0.25, -0.2) is 0 Å². The maximum Gasteiger partial charge on any atom is 0.116 e. The van der Waals surface area contributed by atoms with E-state index >= 15 is 0 Å². The summed E-state index contributed by atoms with van der Waals surface area (Å²) in [5.41, 5.74) is 1.05. The van der Waals surface area contributed by atoms with Gasteiger partial charge in [0, 0.05) is 32.7 Å². The van der Waals surface area contributed by atoms with E-state index in [4.69, 9.17) is 0 Å². The zero-order chi connectivity index (χ0) is 11.2. The number of hydrogen-bond donors (Lipinski definition) is 2. The summed E-state index contributed by atoms with van der Waals surface area (Å²) in [7, 11) is 0. The maximum atomic E-state index is 9.31. The summed E-state index contributed by atoms with van der Waals surface area (Å²) in [6.45, 7) is 5.38. The molecule has 1 aliphatic heterocycles. The predicted molar refractivity (Wildman–Crippen MR) is 66.5 cm³/mol. The molecule has 1 aliphatic rings. The molecule has 2 rings (SSSR count). The average Bonchev–Trinajstić information content (AvgIpc) is 2.30. The fourth-order valence-corrected chi connectivity index (χ4v) is 1.86. The fourth-order valence-electron chi connectivity index (χ4n) is 1.86. The van der Waals surface area contributed by atoms with Crippen molar-refractivity contribution in [1.29, 1.82) is 0 Å². The Bertz CT molecular complexity index is 357. The molecule has 0 aliphatic carbocycles. The summed E-state index contributed by atoms with van der Waals surface area (Å²) in [6, 6.07) is 7.32. The molecule has 3 nitrogen and oxygen atoms in total. The topological polar surface area (TPSA) is 35.5 Å². The number of nitrogens with one attached hydrogen (secondary N) is 1. The summed E-state index contributed by atoms with van der Waals surface area (Å²) in [6.07, 6.45) is 4.21. The van der Waals surface area contributed by atoms with Gasteiger partial charge >= 0.3 is 0 Å². The number of benzene rings is 1. The molecular formula is C13H18N2O. The quantitative estimate of drug-likeness (QED) is 0.803. The molecule has 0 unspecified atom stereocenters. The van der Waals surface area contributed by atoms with Crippen molar-refractivity contribution in [3.63, 3.8) is 0 Å². The van der Waals surface area contributed by atoms with Crippen molar-refractivity contribution in [1.82, 2.24) is 10.2 Å². The van der Waals surface area contributed by atoms with Gasteiger partial charge in [0.2, 0.25) is 0 Å². The number of phenolic OH excluding ortho intramolecular Hbond substituents is 1. The van der Waals surface area contributed by atoms with Crippen LogP contribution in [-0.4, -0.2) is 42.7 Å². The molecular weight excluding hydrogens is 200 g/mol. The first-order valence-electron chi connectivity index (χ1n) is 5.73. The van der Waals surface area contributed by atoms with E-state index in [0.29, 0.717) is 5.75 Å². The Morgan fingerprint density at radius 2 is 2.12 bits per heavy atom. The van der Waals surface area contributed by atoms with Crippen molar-refractivity contribution in [2.75, 3.05) is 32.7 Å². The minimum Gasteiger partial charge on any atom is -0.508 e. The summed E-state index contributed by atoms with van der Waals surface area (Å²) < 4.78 is 0. The molecule has 1 aromatic carbocycles. The van der Waals surface area contributed by atoms with Crippen molar-refractivity contribution >= 4 is 6.08 Å². The third-order valence-electron chi connectivity index (χ3n) is 2.75. The van der Waals surface area contributed by atoms with Crippen LogP contribution in [0.5, 0.6) is 5.75 Å². The van der Waals surface area contributed by atoms with Crippen LogP contribution in [0.25, 0.3) is 6.08 Å². The zero-order valence-electron chi connectivity index (χ0n) is 9.39. The molecule has 16 heavy (non-hydrogen) atoms. The van der Waals surface area contributed by atoms with Gasteiger partial charge in [0.25, 0.3) is 0 Å². The second-order valence-electron chi connectivity index (χ2n) is 4.05. The van der Waals surface area contributed by atoms with Gasteiger partial charge in [-0.3, -0.25) is 4.90 Å². The zero-order valence-corrected chi connectivity index (χ0v) is 9.39. The van der Waals surface area contributed by atoms with Crippen LogP contribution in [0.3, 0.4) is 0 Å². The standard InChI is InChI=1S/C13H18N2O/c16-13-5-1-3-12(11-13)4-2-8-15-9-6-14-7-10-15/h1-5,11,14,16H,6-10H2/b4-2-. The molecule has 0 bridgehead atoms. The lowest BCUT2D eigenvalue weighted by atomic mass is 10.2. The summed E-state index contributed by atoms with van der Waals surface area (Å²) in [4.78, 5) is 2.41. The Morgan fingerprint density at radius 1 is 1.31 bits per heavy atom. The van der Waals surface area contributed by atoms with Gasteiger partial charge < -0.3 is 10.4 Å². The lowest BCUT2D eigenvalue weighted by Gasteiger charge is -2.25. The molecule has 0 atom stereocenters. The summed E-state index contributed by atoms with van der Waals surface area (Å²) in [5, 5.41) is 12.6. The lowest BCUT2D eigenvalue weighted by Crippen LogP contribution is -2.43. The normalized spacial score (nSPS) is 18.0. The smallest absolute Gasteiger partial charge is 0.116 e. The summed E-state index contributed by atoms with van der Waals surface area (Å²) >= 11 is 0. The predicted octanol–water partition coefficient (Wildman–Crippen LogP) is 1.31. The van der Waals surface area contributed by atoms with Gasteiger partial charge in [-0.1, -0.05) is 24.3 Å². The highest BCUT2D eigenvalue weighted by Gasteiger charge is 2.06. The second-order valence-corrected chi connectivity index (χ2v) is 4.05. The lowest BCUT2D eigenvalue weighted by molar-refractivity contribution is 0.265. The summed E-state index contributed by atoms with van der Waals surface area (Å²) in [5.74, 6) is 0.323. The van der Waals surface area contributed by atoms with Crippen LogP contribution < -0.4 is 5.32 Å². The van der Waals surface area contributed by atoms with Crippen LogP contribution in [0.2, 0.25) is 0 Å². The van der Waals surface area contributed by atoms with Crippen molar-refractivity contribution in [2.45, 2.75) is 0 Å². The van der Waals surface area contributed by atoms with Crippen LogP contribution in [0, 0.1) is 0 Å². The number of piperazine rings is 1. The van der Waals surface area contributed by atoms with Crippen molar-refractivity contribution in [2.24, 2.45) is 0 Å². The Hall–Kier alpha value is -1.32. The van der Waals surface area contributed by atoms with E-state index in [2.05, 4.69) is 22.4 Å². The van der Waals surface area contributed by atoms with Gasteiger partial charge in [-0.05, 0) is 17.7 Å². The number of aromatic hydroxyl groups is 1. The van der Waals surface area contributed by atoms with Crippen molar-refractivity contribution in [3.8, 4) is 5.75 Å². The SMILES string of the molecule is Oc1cccc(/C=C\CN2CCNCC2)c1. The molecule has 1 aromatic rings.